The van der Waals surface area contributed by atoms with E-state index in [1.165, 1.54) is 12.1 Å². The highest BCUT2D eigenvalue weighted by Crippen LogP contribution is 2.39. The molecule has 0 radical (unpaired) electrons. The number of aliphatic hydroxyl groups is 1. The van der Waals surface area contributed by atoms with Crippen LogP contribution in [0.4, 0.5) is 4.79 Å². The molecule has 5 heterocycles. The minimum Gasteiger partial charge on any atom is -0.506 e. The maximum absolute atomic E-state index is 13.4. The van der Waals surface area contributed by atoms with Gasteiger partial charge < -0.3 is 40.2 Å². The molecule has 4 aromatic carbocycles. The van der Waals surface area contributed by atoms with E-state index >= 15 is 0 Å². The second-order valence-corrected chi connectivity index (χ2v) is 15.5. The molecular weight excluding hydrogens is 723 g/mol. The number of pyridine rings is 1. The van der Waals surface area contributed by atoms with Crippen LogP contribution in [-0.4, -0.2) is 98.4 Å². The van der Waals surface area contributed by atoms with Crippen molar-refractivity contribution in [3.8, 4) is 11.5 Å². The van der Waals surface area contributed by atoms with Crippen LogP contribution in [-0.2, 0) is 6.61 Å². The van der Waals surface area contributed by atoms with E-state index in [0.29, 0.717) is 53.3 Å². The lowest BCUT2D eigenvalue weighted by Crippen LogP contribution is -2.59. The summed E-state index contributed by atoms with van der Waals surface area (Å²) >= 11 is 0. The Bertz CT molecular complexity index is 2250. The lowest BCUT2D eigenvalue weighted by Gasteiger charge is -2.50. The predicted molar refractivity (Wildman–Crippen MR) is 216 cm³/mol. The summed E-state index contributed by atoms with van der Waals surface area (Å²) in [6, 6.07) is 30.7. The molecule has 12 heteroatoms. The van der Waals surface area contributed by atoms with Crippen LogP contribution in [0.15, 0.2) is 108 Å². The fourth-order valence-corrected chi connectivity index (χ4v) is 8.93. The number of piperidine rings is 4. The number of nitrogens with one attached hydrogen (secondary N) is 2. The van der Waals surface area contributed by atoms with Gasteiger partial charge in [-0.15, -0.1) is 0 Å². The number of aromatic nitrogens is 1. The third kappa shape index (κ3) is 8.39. The Morgan fingerprint density at radius 2 is 1.60 bits per heavy atom. The molecule has 3 atom stereocenters. The van der Waals surface area contributed by atoms with Crippen LogP contribution in [0.25, 0.3) is 10.9 Å². The fourth-order valence-electron chi connectivity index (χ4n) is 8.93. The number of aromatic hydroxyl groups is 1. The van der Waals surface area contributed by atoms with Crippen molar-refractivity contribution < 1.29 is 29.6 Å². The number of nitrogens with zero attached hydrogens (tertiary/aromatic N) is 3. The number of carboxylic acid groups (broad SMARTS) is 1. The Labute approximate surface area is 331 Å². The molecule has 9 rings (SSSR count). The zero-order chi connectivity index (χ0) is 39.5. The number of fused-ring (bicyclic) bond motifs is 4. The number of rotatable bonds is 12. The van der Waals surface area contributed by atoms with E-state index < -0.39 is 18.2 Å². The maximum Gasteiger partial charge on any atom is 0.408 e. The summed E-state index contributed by atoms with van der Waals surface area (Å²) in [5.41, 5.74) is 3.88. The molecule has 5 aromatic rings. The van der Waals surface area contributed by atoms with Crippen molar-refractivity contribution in [2.75, 3.05) is 39.3 Å². The molecule has 12 nitrogen and oxygen atoms in total. The van der Waals surface area contributed by atoms with Gasteiger partial charge in [0.25, 0.3) is 5.91 Å². The Balaban J connectivity index is 0.862. The van der Waals surface area contributed by atoms with Crippen LogP contribution in [0.5, 0.6) is 11.5 Å². The number of amides is 2. The topological polar surface area (TPSA) is 159 Å². The van der Waals surface area contributed by atoms with Crippen LogP contribution >= 0.6 is 0 Å². The molecule has 2 amide bonds. The van der Waals surface area contributed by atoms with Crippen LogP contribution in [0.1, 0.15) is 70.4 Å². The molecule has 57 heavy (non-hydrogen) atoms. The first kappa shape index (κ1) is 38.2. The third-order valence-electron chi connectivity index (χ3n) is 12.0. The first-order chi connectivity index (χ1) is 27.7. The van der Waals surface area contributed by atoms with E-state index in [9.17, 15) is 29.7 Å². The molecule has 4 fully saturated rings. The summed E-state index contributed by atoms with van der Waals surface area (Å²) in [6.45, 7) is 4.56. The highest BCUT2D eigenvalue weighted by molar-refractivity contribution is 5.94. The van der Waals surface area contributed by atoms with Gasteiger partial charge in [0.05, 0.1) is 23.7 Å². The standard InChI is InChI=1S/C45H49N5O7/c51-39-15-13-36(37-14-16-41(53)47-42(37)39)40(52)26-46-34-19-23-49(24-20-34)44(54)32-11-9-29(10-12-32)28-57-35-8-4-7-33(25-35)43(31-5-2-1-3-6-31)50(45(55)56)38-27-48-21-17-30(38)18-22-48/h1-16,25,30,34,38,40,43,46,51-52H,17-24,26-28H2,(H,47,53)(H,55,56)/t38-,40+,43?/m0/s1. The first-order valence-electron chi connectivity index (χ1n) is 19.9. The van der Waals surface area contributed by atoms with Crippen LogP contribution < -0.4 is 15.6 Å². The first-order valence-corrected chi connectivity index (χ1v) is 19.9. The van der Waals surface area contributed by atoms with Gasteiger partial charge in [-0.25, -0.2) is 4.79 Å². The van der Waals surface area contributed by atoms with Crippen molar-refractivity contribution in [3.63, 3.8) is 0 Å². The molecule has 2 bridgehead atoms. The van der Waals surface area contributed by atoms with Crippen molar-refractivity contribution in [3.05, 3.63) is 141 Å². The normalized spacial score (nSPS) is 20.6. The van der Waals surface area contributed by atoms with E-state index in [-0.39, 0.29) is 35.9 Å². The van der Waals surface area contributed by atoms with Crippen molar-refractivity contribution in [1.82, 2.24) is 25.0 Å². The fraction of sp³-hybridized carbons (Fsp3) is 0.356. The van der Waals surface area contributed by atoms with Gasteiger partial charge >= 0.3 is 6.09 Å². The largest absolute Gasteiger partial charge is 0.506 e. The van der Waals surface area contributed by atoms with Crippen LogP contribution in [0.2, 0.25) is 0 Å². The molecule has 4 saturated heterocycles. The molecule has 0 aliphatic carbocycles. The highest BCUT2D eigenvalue weighted by Gasteiger charge is 2.43. The number of H-pyrrole nitrogens is 1. The van der Waals surface area contributed by atoms with Crippen molar-refractivity contribution in [2.24, 2.45) is 5.92 Å². The predicted octanol–water partition coefficient (Wildman–Crippen LogP) is 5.90. The molecule has 1 unspecified atom stereocenters. The third-order valence-corrected chi connectivity index (χ3v) is 12.0. The number of aromatic amines is 1. The lowest BCUT2D eigenvalue weighted by molar-refractivity contribution is -0.000814. The molecule has 4 aliphatic rings. The summed E-state index contributed by atoms with van der Waals surface area (Å²) in [5, 5.41) is 35.8. The Morgan fingerprint density at radius 3 is 2.30 bits per heavy atom. The highest BCUT2D eigenvalue weighted by atomic mass is 16.5. The summed E-state index contributed by atoms with van der Waals surface area (Å²) in [7, 11) is 0. The minimum atomic E-state index is -0.915. The van der Waals surface area contributed by atoms with Crippen LogP contribution in [0.3, 0.4) is 0 Å². The van der Waals surface area contributed by atoms with E-state index in [1.54, 1.807) is 17.0 Å². The number of carbonyl (C=O) groups excluding carboxylic acids is 1. The number of likely N-dealkylation sites (tertiary alicyclic amines) is 1. The number of benzene rings is 4. The summed E-state index contributed by atoms with van der Waals surface area (Å²) < 4.78 is 6.26. The number of phenolic OH excluding ortho intramolecular Hbond substituents is 1. The number of hydrogen-bond acceptors (Lipinski definition) is 8. The number of hydrogen-bond donors (Lipinski definition) is 5. The van der Waals surface area contributed by atoms with E-state index in [0.717, 1.165) is 62.0 Å². The number of aliphatic hydroxyl groups excluding tert-OH is 1. The molecule has 296 valence electrons. The molecular formula is C45H49N5O7. The number of phenols is 1. The second kappa shape index (κ2) is 16.8. The maximum atomic E-state index is 13.4. The summed E-state index contributed by atoms with van der Waals surface area (Å²) in [4.78, 5) is 46.8. The van der Waals surface area contributed by atoms with Crippen molar-refractivity contribution in [2.45, 2.75) is 56.5 Å². The van der Waals surface area contributed by atoms with Gasteiger partial charge in [0.1, 0.15) is 18.1 Å². The minimum absolute atomic E-state index is 0.0314. The van der Waals surface area contributed by atoms with Gasteiger partial charge in [-0.05, 0) is 103 Å². The van der Waals surface area contributed by atoms with Crippen LogP contribution in [0, 0.1) is 5.92 Å². The SMILES string of the molecule is O=C(c1ccc(COc2cccc(C(c3ccccc3)N(C(=O)O)[C@H]3CN4CCC3CC4)c2)cc1)N1CCC(NC[C@@H](O)c2ccc(O)c3[nH]c(=O)ccc23)CC1. The molecule has 0 spiro atoms. The Kier molecular flexibility index (Phi) is 11.3. The van der Waals surface area contributed by atoms with Gasteiger partial charge in [0.2, 0.25) is 5.56 Å². The Hall–Kier alpha value is -5.69. The van der Waals surface area contributed by atoms with E-state index in [4.69, 9.17) is 4.74 Å². The molecule has 5 N–H and O–H groups in total. The zero-order valence-corrected chi connectivity index (χ0v) is 31.8. The van der Waals surface area contributed by atoms with Gasteiger partial charge in [-0.1, -0.05) is 60.7 Å². The van der Waals surface area contributed by atoms with Gasteiger partial charge in [-0.2, -0.15) is 0 Å². The summed E-state index contributed by atoms with van der Waals surface area (Å²) in [6.07, 6.45) is 1.74. The van der Waals surface area contributed by atoms with Gasteiger partial charge in [0.15, 0.2) is 0 Å². The zero-order valence-electron chi connectivity index (χ0n) is 31.8. The molecule has 4 aliphatic heterocycles. The van der Waals surface area contributed by atoms with Gasteiger partial charge in [0, 0.05) is 49.2 Å². The molecule has 0 saturated carbocycles. The second-order valence-electron chi connectivity index (χ2n) is 15.5. The van der Waals surface area contributed by atoms with Gasteiger partial charge in [-0.3, -0.25) is 14.5 Å². The van der Waals surface area contributed by atoms with Crippen molar-refractivity contribution >= 4 is 22.9 Å². The lowest BCUT2D eigenvalue weighted by atomic mass is 9.81. The average molecular weight is 772 g/mol. The molecule has 1 aromatic heterocycles. The van der Waals surface area contributed by atoms with E-state index in [1.807, 2.05) is 83.8 Å². The number of ether oxygens (including phenoxy) is 1. The monoisotopic (exact) mass is 771 g/mol. The Morgan fingerprint density at radius 1 is 0.860 bits per heavy atom. The van der Waals surface area contributed by atoms with E-state index in [2.05, 4.69) is 15.2 Å². The summed E-state index contributed by atoms with van der Waals surface area (Å²) in [5.74, 6) is 0.907. The smallest absolute Gasteiger partial charge is 0.408 e. The van der Waals surface area contributed by atoms with Crippen molar-refractivity contribution in [1.29, 1.82) is 0 Å². The quantitative estimate of drug-likeness (QED) is 0.104. The average Bonchev–Trinajstić information content (AvgIpc) is 3.25. The number of carbonyl (C=O) groups is 2.